The van der Waals surface area contributed by atoms with E-state index in [-0.39, 0.29) is 80.3 Å². The number of carbonyl (C=O) groups is 2. The first kappa shape index (κ1) is 96.7. The number of aliphatic hydroxyl groups excluding tert-OH is 3. The molecule has 26 nitrogen and oxygen atoms in total. The van der Waals surface area contributed by atoms with Gasteiger partial charge in [-0.25, -0.2) is 66.7 Å². The Hall–Kier alpha value is -11.9. The van der Waals surface area contributed by atoms with Gasteiger partial charge in [0, 0.05) is 186 Å². The molecule has 0 bridgehead atoms. The molecule has 18 rings (SSSR count). The predicted octanol–water partition coefficient (Wildman–Crippen LogP) is 14.1. The number of anilines is 2. The number of aromatic nitrogens is 15. The van der Waals surface area contributed by atoms with Gasteiger partial charge in [-0.1, -0.05) is 104 Å². The second-order valence-electron chi connectivity index (χ2n) is 31.0. The van der Waals surface area contributed by atoms with Gasteiger partial charge in [-0.3, -0.25) is 0 Å². The predicted molar refractivity (Wildman–Crippen MR) is 491 cm³/mol. The van der Waals surface area contributed by atoms with Crippen molar-refractivity contribution in [3.05, 3.63) is 277 Å². The van der Waals surface area contributed by atoms with Crippen LogP contribution >= 0.6 is 24.0 Å². The van der Waals surface area contributed by atoms with E-state index in [4.69, 9.17) is 31.6 Å². The Morgan fingerprint density at radius 2 is 0.797 bits per heavy atom. The number of nitrogens with zero attached hydrogens (tertiary/aromatic N) is 14. The van der Waals surface area contributed by atoms with Crippen LogP contribution in [0.2, 0.25) is 5.28 Å². The maximum Gasteiger partial charge on any atom is 1.00 e. The molecule has 8 N–H and O–H groups in total. The smallest absolute Gasteiger partial charge is 0.465 e. The van der Waals surface area contributed by atoms with Crippen molar-refractivity contribution in [3.63, 3.8) is 0 Å². The van der Waals surface area contributed by atoms with Gasteiger partial charge in [0.1, 0.15) is 17.5 Å². The van der Waals surface area contributed by atoms with E-state index in [2.05, 4.69) is 161 Å². The van der Waals surface area contributed by atoms with Crippen molar-refractivity contribution >= 4 is 80.6 Å². The Morgan fingerprint density at radius 3 is 1.11 bits per heavy atom. The van der Waals surface area contributed by atoms with Crippen molar-refractivity contribution in [2.24, 2.45) is 0 Å². The van der Waals surface area contributed by atoms with Gasteiger partial charge in [0.25, 0.3) is 0 Å². The second kappa shape index (κ2) is 41.9. The molecule has 128 heavy (non-hydrogen) atoms. The summed E-state index contributed by atoms with van der Waals surface area (Å²) in [5.74, 6) is -1.26. The fraction of sp³-hybridized carbons (Fsp3) is 0.312. The Labute approximate surface area is 764 Å². The van der Waals surface area contributed by atoms with Crippen LogP contribution in [0.4, 0.5) is 25.1 Å². The number of para-hydroxylation sites is 3. The summed E-state index contributed by atoms with van der Waals surface area (Å²) in [4.78, 5) is 61.4. The summed E-state index contributed by atoms with van der Waals surface area (Å²) in [6.45, 7) is 18.9. The molecular formula is C96H106Cl2F3LiN18O8. The fourth-order valence-corrected chi connectivity index (χ4v) is 17.1. The van der Waals surface area contributed by atoms with Gasteiger partial charge in [0.15, 0.2) is 0 Å². The van der Waals surface area contributed by atoms with Crippen LogP contribution in [0.3, 0.4) is 0 Å². The first-order valence-electron chi connectivity index (χ1n) is 41.7. The molecule has 0 fully saturated rings. The average molecular weight is 1770 g/mol. The molecule has 15 aromatic rings. The van der Waals surface area contributed by atoms with Gasteiger partial charge >= 0.3 is 30.8 Å². The first-order valence-corrected chi connectivity index (χ1v) is 42.1. The monoisotopic (exact) mass is 1770 g/mol. The number of nitrogens with one attached hydrogen (secondary N) is 4. The van der Waals surface area contributed by atoms with Crippen LogP contribution < -0.4 is 34.0 Å². The van der Waals surface area contributed by atoms with Gasteiger partial charge in [-0.15, -0.1) is 12.4 Å². The number of esters is 2. The van der Waals surface area contributed by atoms with E-state index in [1.165, 1.54) is 73.4 Å². The van der Waals surface area contributed by atoms with Crippen molar-refractivity contribution in [2.75, 3.05) is 43.7 Å². The molecule has 6 aromatic carbocycles. The van der Waals surface area contributed by atoms with E-state index in [1.807, 2.05) is 32.5 Å². The number of H-pyrrole nitrogens is 3. The molecule has 0 amide bonds. The van der Waals surface area contributed by atoms with Gasteiger partial charge in [-0.2, -0.15) is 15.3 Å². The largest absolute Gasteiger partial charge is 1.00 e. The third-order valence-corrected chi connectivity index (χ3v) is 23.6. The summed E-state index contributed by atoms with van der Waals surface area (Å²) in [5, 5.41) is 61.5. The molecular weight excluding hydrogens is 1670 g/mol. The third kappa shape index (κ3) is 18.7. The number of hydrogen-bond acceptors (Lipinski definition) is 20. The van der Waals surface area contributed by atoms with Crippen molar-refractivity contribution in [2.45, 2.75) is 166 Å². The van der Waals surface area contributed by atoms with Crippen LogP contribution in [-0.2, 0) is 112 Å². The maximum absolute atomic E-state index is 15.5. The summed E-state index contributed by atoms with van der Waals surface area (Å²) >= 11 is 5.39. The van der Waals surface area contributed by atoms with Gasteiger partial charge in [-0.05, 0) is 134 Å². The molecule has 0 saturated heterocycles. The SMILES string of the molecule is C.CCc1cccc(CC)c1-n1nc2c(c1-c1cc(F)c(CO)c3[nH]ccc13)CN(c1ncc(C(=O)OC)cn1)CC2.CCc1cccc(CC)c1-n1nc2c(c1-c1cc(F)c(CO)c3[nH]ccc13)CN(c1ncc(C(C)(C)O)cn1)CC2.CCc1cccc(CC)c1-n1nc2c(c1-c1cc(F)c(CO)c3[nH]ccc13)CNCC2.COC(=O)c1cnc(Cl)nc1.Cl.[CH3-].[Li+]. The standard InChI is InChI=1S/C32H35FN6O2.C31H31FN6O3.C25H27FN4O.C6H5ClN2O2.CH4.CH3.ClH.Li/c1-5-19-8-7-9-20(6-2)29(19)39-30(23-14-26(33)25(18-40)28-22(23)10-12-34-28)24-17-38(13-11-27(24)37-39)31-35-15-21(16-36-31)32(3,4)41;1-4-18-7-6-8-19(5-2)28(18)38-29(22-13-25(32)24(17-39)27-21(22)9-11-33-27)23-16-37(12-10-26(23)36-38)31-34-14-20(15-35-31)30(40)41-3;1-3-15-6-5-7-16(4-2)24(15)30-25(19-13-27-10-9-22(19)29-30)18-12-21(26)20(14-31)23-17(18)8-11-28-23;1-11-5(10)4-2-8-6(7)9-3-4;;;;/h7-10,12,14-16,34,40-41H,5-6,11,13,17-18H2,1-4H3;6-9,11,13-15,33,39H,4-5,10,12,16-17H2,1-3H3;5-8,11-12,27-28,31H,3-4,9-10,13-14H2,1-2H3;2-3H,1H3;1H4;1H3;1H;/q;;;;;-1;;+1. The number of aromatic amines is 3. The third-order valence-electron chi connectivity index (χ3n) is 23.5. The number of hydrogen-bond donors (Lipinski definition) is 8. The van der Waals surface area contributed by atoms with Crippen molar-refractivity contribution in [3.8, 4) is 50.8 Å². The first-order chi connectivity index (χ1) is 60.1. The van der Waals surface area contributed by atoms with E-state index >= 15 is 13.2 Å². The van der Waals surface area contributed by atoms with Crippen molar-refractivity contribution < 1.29 is 71.5 Å². The second-order valence-corrected chi connectivity index (χ2v) is 31.3. The van der Waals surface area contributed by atoms with E-state index < -0.39 is 48.2 Å². The van der Waals surface area contributed by atoms with Crippen LogP contribution in [0.25, 0.3) is 83.5 Å². The number of benzene rings is 6. The zero-order chi connectivity index (χ0) is 87.4. The number of methoxy groups -OCH3 is 2. The minimum Gasteiger partial charge on any atom is -0.465 e. The topological polar surface area (TPSA) is 330 Å². The zero-order valence-corrected chi connectivity index (χ0v) is 74.8. The minimum atomic E-state index is -1.03. The van der Waals surface area contributed by atoms with Crippen LogP contribution in [-0.4, -0.2) is 140 Å². The number of fused-ring (bicyclic) bond motifs is 6. The van der Waals surface area contributed by atoms with Crippen molar-refractivity contribution in [1.82, 2.24) is 79.5 Å². The Kier molecular flexibility index (Phi) is 31.7. The molecule has 0 atom stereocenters. The number of ether oxygens (including phenoxy) is 2. The molecule has 3 aliphatic heterocycles. The normalized spacial score (nSPS) is 12.7. The summed E-state index contributed by atoms with van der Waals surface area (Å²) < 4.78 is 61.4. The summed E-state index contributed by atoms with van der Waals surface area (Å²) in [7, 11) is 2.61. The number of rotatable bonds is 20. The maximum atomic E-state index is 15.5. The fourth-order valence-electron chi connectivity index (χ4n) is 17.0. The van der Waals surface area contributed by atoms with Crippen LogP contribution in [0.15, 0.2) is 147 Å². The Morgan fingerprint density at radius 1 is 0.484 bits per heavy atom. The molecule has 0 spiro atoms. The van der Waals surface area contributed by atoms with E-state index in [9.17, 15) is 30.0 Å². The number of aliphatic hydroxyl groups is 4. The molecule has 3 aliphatic rings. The molecule has 664 valence electrons. The number of carbonyl (C=O) groups excluding carboxylic acids is 2. The molecule has 0 radical (unpaired) electrons. The molecule has 0 saturated carbocycles. The molecule has 0 unspecified atom stereocenters. The van der Waals surface area contributed by atoms with Gasteiger partial charge < -0.3 is 67.4 Å². The quantitative estimate of drug-likeness (QED) is 0.0152. The van der Waals surface area contributed by atoms with E-state index in [0.29, 0.717) is 90.7 Å². The zero-order valence-electron chi connectivity index (χ0n) is 73.2. The van der Waals surface area contributed by atoms with E-state index in [1.54, 1.807) is 50.9 Å². The van der Waals surface area contributed by atoms with Gasteiger partial charge in [0.05, 0.1) is 119 Å². The molecule has 32 heteroatoms. The van der Waals surface area contributed by atoms with E-state index in [0.717, 1.165) is 158 Å². The Balaban J connectivity index is 0.000000174. The molecule has 9 aromatic heterocycles. The van der Waals surface area contributed by atoms with Crippen molar-refractivity contribution in [1.29, 1.82) is 0 Å². The number of aryl methyl sites for hydroxylation is 6. The molecule has 0 aliphatic carbocycles. The number of halogens is 5. The summed E-state index contributed by atoms with van der Waals surface area (Å²) in [5.41, 5.74) is 23.9. The summed E-state index contributed by atoms with van der Waals surface area (Å²) in [6.07, 6.45) is 21.5. The van der Waals surface area contributed by atoms with Crippen LogP contribution in [0.5, 0.6) is 0 Å². The van der Waals surface area contributed by atoms with Crippen LogP contribution in [0.1, 0.15) is 173 Å². The van der Waals surface area contributed by atoms with Gasteiger partial charge in [0.2, 0.25) is 17.2 Å². The van der Waals surface area contributed by atoms with Crippen LogP contribution in [0, 0.1) is 24.9 Å². The average Bonchev–Trinajstić information content (AvgIpc) is 1.59. The molecule has 12 heterocycles. The Bertz CT molecular complexity index is 6400. The minimum absolute atomic E-state index is 0. The summed E-state index contributed by atoms with van der Waals surface area (Å²) in [6, 6.07) is 29.4.